The molecular weight excluding hydrogens is 218 g/mol. The van der Waals surface area contributed by atoms with E-state index in [4.69, 9.17) is 9.84 Å². The Kier molecular flexibility index (Phi) is 3.89. The smallest absolute Gasteiger partial charge is 0.313 e. The van der Waals surface area contributed by atoms with Gasteiger partial charge in [-0.05, 0) is 13.8 Å². The van der Waals surface area contributed by atoms with Crippen molar-refractivity contribution in [1.29, 1.82) is 0 Å². The van der Waals surface area contributed by atoms with Gasteiger partial charge in [-0.1, -0.05) is 6.08 Å². The number of methoxy groups -OCH3 is 1. The fraction of sp³-hybridized carbons (Fsp3) is 0.385. The molecule has 0 aliphatic heterocycles. The Morgan fingerprint density at radius 3 is 2.76 bits per heavy atom. The number of carboxylic acids is 1. The minimum Gasteiger partial charge on any atom is -0.497 e. The molecule has 1 aromatic heterocycles. The van der Waals surface area contributed by atoms with E-state index in [9.17, 15) is 4.79 Å². The zero-order valence-corrected chi connectivity index (χ0v) is 10.4. The van der Waals surface area contributed by atoms with Crippen LogP contribution in [0.3, 0.4) is 0 Å². The van der Waals surface area contributed by atoms with Gasteiger partial charge in [0.15, 0.2) is 0 Å². The molecule has 1 atom stereocenters. The molecule has 1 aromatic rings. The molecule has 0 fully saturated rings. The largest absolute Gasteiger partial charge is 0.497 e. The molecular formula is C13H17NO3. The summed E-state index contributed by atoms with van der Waals surface area (Å²) in [5.74, 6) is -0.223. The van der Waals surface area contributed by atoms with Crippen molar-refractivity contribution in [2.75, 3.05) is 7.11 Å². The van der Waals surface area contributed by atoms with Crippen LogP contribution < -0.4 is 4.74 Å². The Bertz CT molecular complexity index is 442. The number of rotatable bonds is 5. The normalized spacial score (nSPS) is 13.8. The van der Waals surface area contributed by atoms with Gasteiger partial charge in [0.1, 0.15) is 5.75 Å². The maximum absolute atomic E-state index is 11.2. The molecule has 0 aromatic carbocycles. The van der Waals surface area contributed by atoms with Gasteiger partial charge in [-0.2, -0.15) is 0 Å². The molecule has 92 valence electrons. The summed E-state index contributed by atoms with van der Waals surface area (Å²) in [6.07, 6.45) is 1.73. The van der Waals surface area contributed by atoms with E-state index in [1.54, 1.807) is 26.2 Å². The lowest BCUT2D eigenvalue weighted by atomic mass is 9.85. The molecule has 0 aliphatic rings. The second-order valence-corrected chi connectivity index (χ2v) is 4.24. The molecule has 4 nitrogen and oxygen atoms in total. The topological polar surface area (TPSA) is 59.4 Å². The number of nitrogens with zero attached hydrogens (tertiary/aromatic N) is 1. The van der Waals surface area contributed by atoms with E-state index in [0.29, 0.717) is 17.9 Å². The average molecular weight is 235 g/mol. The fourth-order valence-electron chi connectivity index (χ4n) is 1.52. The Morgan fingerprint density at radius 2 is 2.29 bits per heavy atom. The summed E-state index contributed by atoms with van der Waals surface area (Å²) in [5, 5.41) is 9.16. The van der Waals surface area contributed by atoms with E-state index >= 15 is 0 Å². The molecule has 1 N–H and O–H groups in total. The van der Waals surface area contributed by atoms with Crippen LogP contribution in [0.1, 0.15) is 18.3 Å². The van der Waals surface area contributed by atoms with Crippen molar-refractivity contribution >= 4 is 5.97 Å². The number of aliphatic carboxylic acids is 1. The van der Waals surface area contributed by atoms with Crippen LogP contribution in [0.4, 0.5) is 0 Å². The number of ether oxygens (including phenoxy) is 1. The number of carbonyl (C=O) groups is 1. The van der Waals surface area contributed by atoms with Crippen molar-refractivity contribution in [3.8, 4) is 5.75 Å². The Hall–Kier alpha value is -1.84. The van der Waals surface area contributed by atoms with E-state index in [-0.39, 0.29) is 0 Å². The minimum atomic E-state index is -1.01. The van der Waals surface area contributed by atoms with Gasteiger partial charge >= 0.3 is 5.97 Å². The molecule has 4 heteroatoms. The molecule has 1 rings (SSSR count). The van der Waals surface area contributed by atoms with Crippen LogP contribution >= 0.6 is 0 Å². The zero-order valence-electron chi connectivity index (χ0n) is 10.4. The highest BCUT2D eigenvalue weighted by atomic mass is 16.5. The summed E-state index contributed by atoms with van der Waals surface area (Å²) in [5.41, 5.74) is 0.481. The maximum atomic E-state index is 11.2. The lowest BCUT2D eigenvalue weighted by Gasteiger charge is -2.20. The summed E-state index contributed by atoms with van der Waals surface area (Å²) >= 11 is 0. The highest BCUT2D eigenvalue weighted by Crippen LogP contribution is 2.25. The first-order chi connectivity index (χ1) is 7.91. The quantitative estimate of drug-likeness (QED) is 0.795. The van der Waals surface area contributed by atoms with Crippen LogP contribution in [0, 0.1) is 12.3 Å². The summed E-state index contributed by atoms with van der Waals surface area (Å²) in [6, 6.07) is 3.55. The Labute approximate surface area is 101 Å². The first kappa shape index (κ1) is 13.2. The SMILES string of the molecule is C=CC(C)(Cc1cc(OC)cc(C)n1)C(=O)O. The number of aryl methyl sites for hydroxylation is 1. The summed E-state index contributed by atoms with van der Waals surface area (Å²) in [6.45, 7) is 7.04. The van der Waals surface area contributed by atoms with Crippen LogP contribution in [0.2, 0.25) is 0 Å². The number of hydrogen-bond acceptors (Lipinski definition) is 3. The molecule has 1 heterocycles. The van der Waals surface area contributed by atoms with Crippen molar-refractivity contribution < 1.29 is 14.6 Å². The zero-order chi connectivity index (χ0) is 13.1. The lowest BCUT2D eigenvalue weighted by Crippen LogP contribution is -2.28. The first-order valence-corrected chi connectivity index (χ1v) is 5.30. The van der Waals surface area contributed by atoms with E-state index in [2.05, 4.69) is 11.6 Å². The second kappa shape index (κ2) is 4.99. The van der Waals surface area contributed by atoms with Crippen LogP contribution in [0.25, 0.3) is 0 Å². The standard InChI is InChI=1S/C13H17NO3/c1-5-13(3,12(15)16)8-10-7-11(17-4)6-9(2)14-10/h5-7H,1,8H2,2-4H3,(H,15,16). The molecule has 0 saturated heterocycles. The third kappa shape index (κ3) is 3.06. The Balaban J connectivity index is 3.05. The fourth-order valence-corrected chi connectivity index (χ4v) is 1.52. The predicted molar refractivity (Wildman–Crippen MR) is 65.2 cm³/mol. The predicted octanol–water partition coefficient (Wildman–Crippen LogP) is 2.22. The Morgan fingerprint density at radius 1 is 1.65 bits per heavy atom. The second-order valence-electron chi connectivity index (χ2n) is 4.24. The third-order valence-corrected chi connectivity index (χ3v) is 2.70. The first-order valence-electron chi connectivity index (χ1n) is 5.30. The maximum Gasteiger partial charge on any atom is 0.313 e. The van der Waals surface area contributed by atoms with Crippen LogP contribution in [0.5, 0.6) is 5.75 Å². The van der Waals surface area contributed by atoms with Crippen LogP contribution in [0.15, 0.2) is 24.8 Å². The average Bonchev–Trinajstić information content (AvgIpc) is 2.27. The third-order valence-electron chi connectivity index (χ3n) is 2.70. The number of aromatic nitrogens is 1. The molecule has 0 saturated carbocycles. The highest BCUT2D eigenvalue weighted by molar-refractivity contribution is 5.76. The van der Waals surface area contributed by atoms with E-state index < -0.39 is 11.4 Å². The number of pyridine rings is 1. The van der Waals surface area contributed by atoms with Crippen molar-refractivity contribution in [2.24, 2.45) is 5.41 Å². The van der Waals surface area contributed by atoms with Crippen molar-refractivity contribution in [2.45, 2.75) is 20.3 Å². The van der Waals surface area contributed by atoms with Crippen LogP contribution in [-0.4, -0.2) is 23.2 Å². The van der Waals surface area contributed by atoms with Crippen LogP contribution in [-0.2, 0) is 11.2 Å². The van der Waals surface area contributed by atoms with Gasteiger partial charge in [-0.25, -0.2) is 0 Å². The van der Waals surface area contributed by atoms with Gasteiger partial charge in [-0.3, -0.25) is 9.78 Å². The van der Waals surface area contributed by atoms with Gasteiger partial charge in [0.05, 0.1) is 12.5 Å². The van der Waals surface area contributed by atoms with Gasteiger partial charge < -0.3 is 9.84 Å². The summed E-state index contributed by atoms with van der Waals surface area (Å²) < 4.78 is 5.13. The summed E-state index contributed by atoms with van der Waals surface area (Å²) in [4.78, 5) is 15.5. The highest BCUT2D eigenvalue weighted by Gasteiger charge is 2.30. The molecule has 0 amide bonds. The molecule has 0 aliphatic carbocycles. The van der Waals surface area contributed by atoms with E-state index in [0.717, 1.165) is 5.69 Å². The van der Waals surface area contributed by atoms with Gasteiger partial charge in [0.25, 0.3) is 0 Å². The molecule has 0 radical (unpaired) electrons. The van der Waals surface area contributed by atoms with Gasteiger partial charge in [0.2, 0.25) is 0 Å². The van der Waals surface area contributed by atoms with Gasteiger partial charge in [-0.15, -0.1) is 6.58 Å². The molecule has 0 spiro atoms. The van der Waals surface area contributed by atoms with E-state index in [1.165, 1.54) is 6.08 Å². The van der Waals surface area contributed by atoms with E-state index in [1.807, 2.05) is 6.92 Å². The lowest BCUT2D eigenvalue weighted by molar-refractivity contribution is -0.145. The molecule has 17 heavy (non-hydrogen) atoms. The van der Waals surface area contributed by atoms with Gasteiger partial charge in [0, 0.05) is 29.9 Å². The molecule has 1 unspecified atom stereocenters. The number of hydrogen-bond donors (Lipinski definition) is 1. The van der Waals surface area contributed by atoms with Crippen molar-refractivity contribution in [3.63, 3.8) is 0 Å². The summed E-state index contributed by atoms with van der Waals surface area (Å²) in [7, 11) is 1.57. The minimum absolute atomic E-state index is 0.296. The van der Waals surface area contributed by atoms with Crippen molar-refractivity contribution in [3.05, 3.63) is 36.2 Å². The monoisotopic (exact) mass is 235 g/mol. The molecule has 0 bridgehead atoms. The number of carboxylic acid groups (broad SMARTS) is 1. The van der Waals surface area contributed by atoms with Crippen molar-refractivity contribution in [1.82, 2.24) is 4.98 Å².